The minimum absolute atomic E-state index is 0.167. The number of amides is 1. The molecule has 2 aliphatic rings. The Bertz CT molecular complexity index is 452. The van der Waals surface area contributed by atoms with Crippen LogP contribution in [-0.4, -0.2) is 36.1 Å². The smallest absolute Gasteiger partial charge is 0.254 e. The van der Waals surface area contributed by atoms with Gasteiger partial charge in [0.2, 0.25) is 0 Å². The van der Waals surface area contributed by atoms with Crippen LogP contribution < -0.4 is 0 Å². The van der Waals surface area contributed by atoms with Crippen LogP contribution in [0.3, 0.4) is 0 Å². The topological polar surface area (TPSA) is 29.5 Å². The summed E-state index contributed by atoms with van der Waals surface area (Å²) in [4.78, 5) is 14.7. The van der Waals surface area contributed by atoms with Crippen molar-refractivity contribution in [2.45, 2.75) is 44.8 Å². The number of carbonyl (C=O) groups is 1. The summed E-state index contributed by atoms with van der Waals surface area (Å²) in [5, 5.41) is 0. The SMILES string of the molecule is Cc1ccc(C(=O)N2CCOC3CCCCC32)cc1. The summed E-state index contributed by atoms with van der Waals surface area (Å²) in [6, 6.07) is 8.17. The van der Waals surface area contributed by atoms with Gasteiger partial charge in [-0.25, -0.2) is 0 Å². The lowest BCUT2D eigenvalue weighted by atomic mass is 9.89. The Labute approximate surface area is 114 Å². The van der Waals surface area contributed by atoms with Crippen molar-refractivity contribution >= 4 is 5.91 Å². The summed E-state index contributed by atoms with van der Waals surface area (Å²) in [5.41, 5.74) is 1.99. The quantitative estimate of drug-likeness (QED) is 0.776. The first-order valence-electron chi connectivity index (χ1n) is 7.25. The Morgan fingerprint density at radius 1 is 1.21 bits per heavy atom. The molecule has 2 unspecified atom stereocenters. The molecule has 2 fully saturated rings. The van der Waals surface area contributed by atoms with Crippen LogP contribution in [0, 0.1) is 6.92 Å². The van der Waals surface area contributed by atoms with E-state index >= 15 is 0 Å². The van der Waals surface area contributed by atoms with Gasteiger partial charge in [0.25, 0.3) is 5.91 Å². The van der Waals surface area contributed by atoms with E-state index in [1.807, 2.05) is 36.1 Å². The Hall–Kier alpha value is -1.35. The maximum absolute atomic E-state index is 12.6. The van der Waals surface area contributed by atoms with E-state index in [2.05, 4.69) is 0 Å². The lowest BCUT2D eigenvalue weighted by molar-refractivity contribution is -0.0752. The van der Waals surface area contributed by atoms with Crippen molar-refractivity contribution in [3.63, 3.8) is 0 Å². The zero-order valence-corrected chi connectivity index (χ0v) is 11.5. The fourth-order valence-corrected chi connectivity index (χ4v) is 3.21. The lowest BCUT2D eigenvalue weighted by Gasteiger charge is -2.43. The van der Waals surface area contributed by atoms with E-state index < -0.39 is 0 Å². The molecule has 0 N–H and O–H groups in total. The molecule has 0 bridgehead atoms. The van der Waals surface area contributed by atoms with Crippen molar-refractivity contribution < 1.29 is 9.53 Å². The second kappa shape index (κ2) is 5.33. The number of rotatable bonds is 1. The number of carbonyl (C=O) groups excluding carboxylic acids is 1. The van der Waals surface area contributed by atoms with Crippen LogP contribution in [0.2, 0.25) is 0 Å². The molecular weight excluding hydrogens is 238 g/mol. The van der Waals surface area contributed by atoms with Crippen LogP contribution in [-0.2, 0) is 4.74 Å². The number of morpholine rings is 1. The van der Waals surface area contributed by atoms with Crippen LogP contribution in [0.5, 0.6) is 0 Å². The fraction of sp³-hybridized carbons (Fsp3) is 0.562. The molecule has 3 heteroatoms. The van der Waals surface area contributed by atoms with Gasteiger partial charge in [0, 0.05) is 12.1 Å². The van der Waals surface area contributed by atoms with Crippen molar-refractivity contribution in [2.24, 2.45) is 0 Å². The monoisotopic (exact) mass is 259 g/mol. The minimum Gasteiger partial charge on any atom is -0.374 e. The number of hydrogen-bond acceptors (Lipinski definition) is 2. The third kappa shape index (κ3) is 2.52. The Balaban J connectivity index is 1.79. The van der Waals surface area contributed by atoms with Gasteiger partial charge in [-0.3, -0.25) is 4.79 Å². The van der Waals surface area contributed by atoms with Gasteiger partial charge in [-0.1, -0.05) is 30.5 Å². The van der Waals surface area contributed by atoms with Crippen molar-refractivity contribution in [1.29, 1.82) is 0 Å². The van der Waals surface area contributed by atoms with Gasteiger partial charge in [0.1, 0.15) is 0 Å². The summed E-state index contributed by atoms with van der Waals surface area (Å²) < 4.78 is 5.82. The molecular formula is C16H21NO2. The van der Waals surface area contributed by atoms with Gasteiger partial charge < -0.3 is 9.64 Å². The molecule has 1 saturated carbocycles. The predicted molar refractivity (Wildman–Crippen MR) is 74.2 cm³/mol. The van der Waals surface area contributed by atoms with Crippen molar-refractivity contribution in [1.82, 2.24) is 4.90 Å². The van der Waals surface area contributed by atoms with Crippen LogP contribution in [0.1, 0.15) is 41.6 Å². The standard InChI is InChI=1S/C16H21NO2/c1-12-6-8-13(9-7-12)16(18)17-10-11-19-15-5-3-2-4-14(15)17/h6-9,14-15H,2-5,10-11H2,1H3. The Kier molecular flexibility index (Phi) is 3.56. The molecule has 1 heterocycles. The third-order valence-electron chi connectivity index (χ3n) is 4.29. The summed E-state index contributed by atoms with van der Waals surface area (Å²) in [6.45, 7) is 3.45. The summed E-state index contributed by atoms with van der Waals surface area (Å²) in [7, 11) is 0. The maximum atomic E-state index is 12.6. The van der Waals surface area contributed by atoms with Gasteiger partial charge >= 0.3 is 0 Å². The summed E-state index contributed by atoms with van der Waals surface area (Å²) in [6.07, 6.45) is 4.89. The van der Waals surface area contributed by atoms with Crippen molar-refractivity contribution in [3.05, 3.63) is 35.4 Å². The number of aryl methyl sites for hydroxylation is 1. The highest BCUT2D eigenvalue weighted by atomic mass is 16.5. The predicted octanol–water partition coefficient (Wildman–Crippen LogP) is 2.78. The average molecular weight is 259 g/mol. The summed E-state index contributed by atoms with van der Waals surface area (Å²) >= 11 is 0. The molecule has 102 valence electrons. The minimum atomic E-state index is 0.167. The molecule has 3 nitrogen and oxygen atoms in total. The largest absolute Gasteiger partial charge is 0.374 e. The van der Waals surface area contributed by atoms with Gasteiger partial charge in [-0.05, 0) is 31.9 Å². The normalized spacial score (nSPS) is 26.9. The number of hydrogen-bond donors (Lipinski definition) is 0. The first-order chi connectivity index (χ1) is 9.25. The van der Waals surface area contributed by atoms with Gasteiger partial charge in [0.05, 0.1) is 18.8 Å². The Morgan fingerprint density at radius 2 is 1.95 bits per heavy atom. The maximum Gasteiger partial charge on any atom is 0.254 e. The molecule has 0 spiro atoms. The van der Waals surface area contributed by atoms with E-state index in [4.69, 9.17) is 4.74 Å². The number of nitrogens with zero attached hydrogens (tertiary/aromatic N) is 1. The van der Waals surface area contributed by atoms with Crippen molar-refractivity contribution in [3.8, 4) is 0 Å². The highest BCUT2D eigenvalue weighted by molar-refractivity contribution is 5.94. The molecule has 3 rings (SSSR count). The Morgan fingerprint density at radius 3 is 2.74 bits per heavy atom. The number of fused-ring (bicyclic) bond motifs is 1. The molecule has 19 heavy (non-hydrogen) atoms. The average Bonchev–Trinajstić information content (AvgIpc) is 2.47. The first-order valence-corrected chi connectivity index (χ1v) is 7.25. The fourth-order valence-electron chi connectivity index (χ4n) is 3.21. The zero-order valence-electron chi connectivity index (χ0n) is 11.5. The van der Waals surface area contributed by atoms with Gasteiger partial charge in [-0.2, -0.15) is 0 Å². The molecule has 1 aromatic rings. The molecule has 1 amide bonds. The first kappa shape index (κ1) is 12.7. The molecule has 1 aromatic carbocycles. The molecule has 1 saturated heterocycles. The number of benzene rings is 1. The van der Waals surface area contributed by atoms with Crippen LogP contribution in [0.4, 0.5) is 0 Å². The zero-order chi connectivity index (χ0) is 13.2. The molecule has 1 aliphatic carbocycles. The van der Waals surface area contributed by atoms with E-state index in [1.165, 1.54) is 18.4 Å². The molecule has 0 radical (unpaired) electrons. The van der Waals surface area contributed by atoms with E-state index in [0.29, 0.717) is 6.61 Å². The second-order valence-corrected chi connectivity index (χ2v) is 5.63. The highest BCUT2D eigenvalue weighted by Gasteiger charge is 2.36. The lowest BCUT2D eigenvalue weighted by Crippen LogP contribution is -2.54. The third-order valence-corrected chi connectivity index (χ3v) is 4.29. The van der Waals surface area contributed by atoms with E-state index in [9.17, 15) is 4.79 Å². The van der Waals surface area contributed by atoms with Crippen molar-refractivity contribution in [2.75, 3.05) is 13.2 Å². The molecule has 1 aliphatic heterocycles. The summed E-state index contributed by atoms with van der Waals surface area (Å²) in [5.74, 6) is 0.167. The second-order valence-electron chi connectivity index (χ2n) is 5.63. The number of ether oxygens (including phenoxy) is 1. The molecule has 0 aromatic heterocycles. The van der Waals surface area contributed by atoms with E-state index in [1.54, 1.807) is 0 Å². The van der Waals surface area contributed by atoms with Crippen LogP contribution >= 0.6 is 0 Å². The highest BCUT2D eigenvalue weighted by Crippen LogP contribution is 2.29. The van der Waals surface area contributed by atoms with E-state index in [-0.39, 0.29) is 18.1 Å². The van der Waals surface area contributed by atoms with Gasteiger partial charge in [0.15, 0.2) is 0 Å². The molecule has 2 atom stereocenters. The van der Waals surface area contributed by atoms with E-state index in [0.717, 1.165) is 24.9 Å². The van der Waals surface area contributed by atoms with Crippen LogP contribution in [0.15, 0.2) is 24.3 Å². The van der Waals surface area contributed by atoms with Gasteiger partial charge in [-0.15, -0.1) is 0 Å². The van der Waals surface area contributed by atoms with Crippen LogP contribution in [0.25, 0.3) is 0 Å².